The van der Waals surface area contributed by atoms with Crippen LogP contribution in [0.25, 0.3) is 0 Å². The number of nitrogens with zero attached hydrogens (tertiary/aromatic N) is 1. The molecule has 4 nitrogen and oxygen atoms in total. The molecule has 1 saturated carbocycles. The van der Waals surface area contributed by atoms with Crippen LogP contribution in [-0.4, -0.2) is 30.3 Å². The Hall–Kier alpha value is -1.68. The molecule has 1 saturated heterocycles. The number of hydrogen-bond donors (Lipinski definition) is 1. The predicted octanol–water partition coefficient (Wildman–Crippen LogP) is 1.57. The Balaban J connectivity index is 1.80. The summed E-state index contributed by atoms with van der Waals surface area (Å²) in [7, 11) is 1.87. The van der Waals surface area contributed by atoms with Gasteiger partial charge in [-0.1, -0.05) is 29.3 Å². The number of rotatable bonds is 4. The van der Waals surface area contributed by atoms with E-state index in [1.54, 1.807) is 0 Å². The van der Waals surface area contributed by atoms with Gasteiger partial charge in [-0.3, -0.25) is 14.5 Å². The Bertz CT molecular complexity index is 542. The zero-order chi connectivity index (χ0) is 14.4. The smallest absolute Gasteiger partial charge is 0.233 e. The number of imide groups is 1. The summed E-state index contributed by atoms with van der Waals surface area (Å²) in [5.41, 5.74) is 3.52. The van der Waals surface area contributed by atoms with Gasteiger partial charge in [-0.05, 0) is 32.9 Å². The first-order chi connectivity index (χ1) is 9.51. The summed E-state index contributed by atoms with van der Waals surface area (Å²) in [5, 5.41) is 3.22. The molecule has 1 aromatic carbocycles. The molecule has 1 heterocycles. The van der Waals surface area contributed by atoms with Crippen LogP contribution < -0.4 is 5.32 Å². The fourth-order valence-corrected chi connectivity index (χ4v) is 3.19. The van der Waals surface area contributed by atoms with Crippen LogP contribution in [0.1, 0.15) is 29.2 Å². The van der Waals surface area contributed by atoms with Crippen molar-refractivity contribution in [1.29, 1.82) is 0 Å². The summed E-state index contributed by atoms with van der Waals surface area (Å²) in [4.78, 5) is 25.5. The van der Waals surface area contributed by atoms with Gasteiger partial charge in [0.15, 0.2) is 0 Å². The van der Waals surface area contributed by atoms with Crippen molar-refractivity contribution >= 4 is 11.8 Å². The third-order valence-corrected chi connectivity index (χ3v) is 4.32. The van der Waals surface area contributed by atoms with Crippen LogP contribution >= 0.6 is 0 Å². The highest BCUT2D eigenvalue weighted by Gasteiger charge is 2.58. The van der Waals surface area contributed by atoms with Gasteiger partial charge >= 0.3 is 0 Å². The first-order valence-electron chi connectivity index (χ1n) is 7.12. The second kappa shape index (κ2) is 4.70. The van der Waals surface area contributed by atoms with Gasteiger partial charge in [0.25, 0.3) is 0 Å². The monoisotopic (exact) mass is 272 g/mol. The van der Waals surface area contributed by atoms with Crippen LogP contribution in [0.5, 0.6) is 0 Å². The van der Waals surface area contributed by atoms with Crippen molar-refractivity contribution in [1.82, 2.24) is 10.2 Å². The number of benzene rings is 1. The lowest BCUT2D eigenvalue weighted by molar-refractivity contribution is -0.141. The van der Waals surface area contributed by atoms with E-state index in [0.29, 0.717) is 6.54 Å². The van der Waals surface area contributed by atoms with Crippen LogP contribution in [-0.2, 0) is 9.59 Å². The van der Waals surface area contributed by atoms with Crippen LogP contribution in [0, 0.1) is 25.7 Å². The summed E-state index contributed by atoms with van der Waals surface area (Å²) in [6.45, 7) is 4.55. The van der Waals surface area contributed by atoms with Crippen molar-refractivity contribution in [3.8, 4) is 0 Å². The van der Waals surface area contributed by atoms with Crippen LogP contribution in [0.15, 0.2) is 18.2 Å². The van der Waals surface area contributed by atoms with Gasteiger partial charge in [0, 0.05) is 6.54 Å². The Morgan fingerprint density at radius 2 is 1.70 bits per heavy atom. The van der Waals surface area contributed by atoms with E-state index < -0.39 is 0 Å². The number of hydrogen-bond acceptors (Lipinski definition) is 3. The van der Waals surface area contributed by atoms with Gasteiger partial charge in [0.05, 0.1) is 17.9 Å². The topological polar surface area (TPSA) is 49.4 Å². The van der Waals surface area contributed by atoms with Crippen molar-refractivity contribution in [2.24, 2.45) is 11.8 Å². The highest BCUT2D eigenvalue weighted by molar-refractivity contribution is 6.08. The number of aryl methyl sites for hydroxylation is 2. The van der Waals surface area contributed by atoms with E-state index in [9.17, 15) is 9.59 Å². The summed E-state index contributed by atoms with van der Waals surface area (Å²) in [6, 6.07) is 6.34. The lowest BCUT2D eigenvalue weighted by Gasteiger charge is -2.24. The molecule has 0 bridgehead atoms. The molecule has 1 N–H and O–H groups in total. The first-order valence-corrected chi connectivity index (χ1v) is 7.12. The normalized spacial score (nSPS) is 25.9. The molecule has 1 aliphatic carbocycles. The van der Waals surface area contributed by atoms with Gasteiger partial charge in [-0.25, -0.2) is 0 Å². The molecule has 3 unspecified atom stereocenters. The van der Waals surface area contributed by atoms with E-state index in [1.807, 2.05) is 7.05 Å². The van der Waals surface area contributed by atoms with Gasteiger partial charge < -0.3 is 5.32 Å². The number of likely N-dealkylation sites (tertiary alicyclic amines) is 1. The number of piperidine rings is 1. The molecule has 2 amide bonds. The average Bonchev–Trinajstić information content (AvgIpc) is 3.13. The van der Waals surface area contributed by atoms with E-state index in [4.69, 9.17) is 0 Å². The maximum absolute atomic E-state index is 12.1. The fraction of sp³-hybridized carbons (Fsp3) is 0.500. The van der Waals surface area contributed by atoms with Crippen LogP contribution in [0.2, 0.25) is 0 Å². The average molecular weight is 272 g/mol. The summed E-state index contributed by atoms with van der Waals surface area (Å²) >= 11 is 0. The summed E-state index contributed by atoms with van der Waals surface area (Å²) in [6.07, 6.45) is 0.766. The van der Waals surface area contributed by atoms with E-state index >= 15 is 0 Å². The molecule has 20 heavy (non-hydrogen) atoms. The number of likely N-dealkylation sites (N-methyl/N-ethyl adjacent to an activating group) is 1. The minimum Gasteiger partial charge on any atom is -0.312 e. The largest absolute Gasteiger partial charge is 0.312 e. The maximum atomic E-state index is 12.1. The molecular formula is C16H20N2O2. The van der Waals surface area contributed by atoms with E-state index in [1.165, 1.54) is 16.0 Å². The molecule has 1 aliphatic heterocycles. The first kappa shape index (κ1) is 13.3. The van der Waals surface area contributed by atoms with Gasteiger partial charge in [-0.15, -0.1) is 0 Å². The minimum atomic E-state index is -0.0146. The summed E-state index contributed by atoms with van der Waals surface area (Å²) < 4.78 is 0. The van der Waals surface area contributed by atoms with Crippen molar-refractivity contribution in [2.45, 2.75) is 26.3 Å². The van der Waals surface area contributed by atoms with Crippen molar-refractivity contribution in [3.05, 3.63) is 34.9 Å². The lowest BCUT2D eigenvalue weighted by Crippen LogP contribution is -2.39. The Morgan fingerprint density at radius 1 is 1.15 bits per heavy atom. The fourth-order valence-electron chi connectivity index (χ4n) is 3.19. The number of carbonyl (C=O) groups is 2. The number of nitrogens with one attached hydrogen (secondary N) is 1. The zero-order valence-corrected chi connectivity index (χ0v) is 12.1. The van der Waals surface area contributed by atoms with E-state index in [2.05, 4.69) is 37.4 Å². The molecule has 0 spiro atoms. The molecule has 0 aromatic heterocycles. The van der Waals surface area contributed by atoms with Crippen molar-refractivity contribution in [3.63, 3.8) is 0 Å². The second-order valence-electron chi connectivity index (χ2n) is 6.00. The van der Waals surface area contributed by atoms with Gasteiger partial charge in [0.1, 0.15) is 0 Å². The summed E-state index contributed by atoms with van der Waals surface area (Å²) in [5.74, 6) is 0.00718. The standard InChI is InChI=1S/C16H20N2O2/c1-9-4-10(2)6-11(5-9)14(17-3)8-18-15(19)12-7-13(12)16(18)20/h4-6,12-14,17H,7-8H2,1-3H3. The minimum absolute atomic E-state index is 0.000926. The molecule has 106 valence electrons. The molecule has 3 atom stereocenters. The van der Waals surface area contributed by atoms with E-state index in [-0.39, 0.29) is 29.7 Å². The molecular weight excluding hydrogens is 252 g/mol. The molecule has 2 fully saturated rings. The van der Waals surface area contributed by atoms with Crippen LogP contribution in [0.3, 0.4) is 0 Å². The maximum Gasteiger partial charge on any atom is 0.233 e. The lowest BCUT2D eigenvalue weighted by atomic mass is 10.0. The van der Waals surface area contributed by atoms with Gasteiger partial charge in [-0.2, -0.15) is 0 Å². The molecule has 4 heteroatoms. The van der Waals surface area contributed by atoms with Gasteiger partial charge in [0.2, 0.25) is 11.8 Å². The predicted molar refractivity (Wildman–Crippen MR) is 76.0 cm³/mol. The number of amides is 2. The third-order valence-electron chi connectivity index (χ3n) is 4.32. The Morgan fingerprint density at radius 3 is 2.20 bits per heavy atom. The molecule has 3 rings (SSSR count). The van der Waals surface area contributed by atoms with Crippen LogP contribution in [0.4, 0.5) is 0 Å². The van der Waals surface area contributed by atoms with Crippen molar-refractivity contribution in [2.75, 3.05) is 13.6 Å². The molecule has 0 radical (unpaired) electrons. The highest BCUT2D eigenvalue weighted by Crippen LogP contribution is 2.47. The quantitative estimate of drug-likeness (QED) is 0.846. The Kier molecular flexibility index (Phi) is 3.13. The SMILES string of the molecule is CNC(CN1C(=O)C2CC2C1=O)c1cc(C)cc(C)c1. The second-order valence-corrected chi connectivity index (χ2v) is 6.00. The number of carbonyl (C=O) groups excluding carboxylic acids is 2. The van der Waals surface area contributed by atoms with Crippen molar-refractivity contribution < 1.29 is 9.59 Å². The molecule has 1 aromatic rings. The van der Waals surface area contributed by atoms with E-state index in [0.717, 1.165) is 12.0 Å². The number of fused-ring (bicyclic) bond motifs is 1. The third kappa shape index (κ3) is 2.14. The molecule has 2 aliphatic rings. The Labute approximate surface area is 119 Å². The zero-order valence-electron chi connectivity index (χ0n) is 12.1. The highest BCUT2D eigenvalue weighted by atomic mass is 16.2.